The molecule has 3 aromatic rings. The maximum atomic E-state index is 12.5. The van der Waals surface area contributed by atoms with Crippen LogP contribution in [0.1, 0.15) is 44.2 Å². The number of amides is 2. The van der Waals surface area contributed by atoms with Gasteiger partial charge in [0.05, 0.1) is 47.3 Å². The zero-order chi connectivity index (χ0) is 43.1. The summed E-state index contributed by atoms with van der Waals surface area (Å²) in [4.78, 5) is 39.4. The number of aliphatic hydroxyl groups excluding tert-OH is 3. The summed E-state index contributed by atoms with van der Waals surface area (Å²) in [5.41, 5.74) is 4.39. The van der Waals surface area contributed by atoms with Crippen LogP contribution in [0.3, 0.4) is 0 Å². The third-order valence-electron chi connectivity index (χ3n) is 8.82. The summed E-state index contributed by atoms with van der Waals surface area (Å²) in [7, 11) is 3.21. The Kier molecular flexibility index (Phi) is 14.5. The Labute approximate surface area is 333 Å². The summed E-state index contributed by atoms with van der Waals surface area (Å²) in [5, 5.41) is 57.4. The van der Waals surface area contributed by atoms with Crippen molar-refractivity contribution in [3.63, 3.8) is 0 Å². The van der Waals surface area contributed by atoms with Crippen LogP contribution in [0.2, 0.25) is 0 Å². The van der Waals surface area contributed by atoms with Gasteiger partial charge in [-0.3, -0.25) is 19.7 Å². The van der Waals surface area contributed by atoms with E-state index in [2.05, 4.69) is 54.6 Å². The third-order valence-corrected chi connectivity index (χ3v) is 8.82. The molecule has 57 heavy (non-hydrogen) atoms. The molecule has 5 N–H and O–H groups in total. The van der Waals surface area contributed by atoms with Crippen LogP contribution < -0.4 is 15.5 Å². The maximum Gasteiger partial charge on any atom is 0.296 e. The van der Waals surface area contributed by atoms with Crippen LogP contribution >= 0.6 is 0 Å². The lowest BCUT2D eigenvalue weighted by molar-refractivity contribution is -0.384. The molecule has 2 heterocycles. The van der Waals surface area contributed by atoms with Crippen molar-refractivity contribution in [1.82, 2.24) is 15.5 Å². The molecule has 5 rings (SSSR count). The smallest absolute Gasteiger partial charge is 0.296 e. The monoisotopic (exact) mass is 784 g/mol. The number of azo groups is 2. The lowest BCUT2D eigenvalue weighted by atomic mass is 10.1. The van der Waals surface area contributed by atoms with E-state index in [9.17, 15) is 29.9 Å². The summed E-state index contributed by atoms with van der Waals surface area (Å²) in [6, 6.07) is 15.4. The van der Waals surface area contributed by atoms with Gasteiger partial charge in [-0.1, -0.05) is 24.5 Å². The molecule has 2 aliphatic rings. The molecule has 0 spiro atoms. The molecule has 0 aliphatic carbocycles. The van der Waals surface area contributed by atoms with E-state index in [-0.39, 0.29) is 61.6 Å². The molecule has 2 amide bonds. The Balaban J connectivity index is 0.00000248. The molecule has 3 atom stereocenters. The summed E-state index contributed by atoms with van der Waals surface area (Å²) in [6.45, 7) is 7.61. The van der Waals surface area contributed by atoms with Gasteiger partial charge in [0.1, 0.15) is 17.6 Å². The SMILES string of the molecule is [2H]CC1OC(N2C=C(C#CCNC(=O)CCCN(C)c3ccc(N=Nc4cc(C)c(N=Nc5ccc(C)cc5[N+](=O)[O-])cc4CO)cc3)C(=O)NC2=C)CC1O.[3H]OC. The number of anilines is 1. The van der Waals surface area contributed by atoms with Crippen molar-refractivity contribution < 1.29 is 35.9 Å². The first kappa shape index (κ1) is 40.3. The first-order chi connectivity index (χ1) is 28.3. The van der Waals surface area contributed by atoms with Crippen LogP contribution in [-0.2, 0) is 20.9 Å². The van der Waals surface area contributed by atoms with Crippen molar-refractivity contribution in [2.45, 2.75) is 65.1 Å². The van der Waals surface area contributed by atoms with Gasteiger partial charge in [-0.2, -0.15) is 15.3 Å². The maximum absolute atomic E-state index is 12.5. The fourth-order valence-electron chi connectivity index (χ4n) is 5.66. The van der Waals surface area contributed by atoms with Crippen molar-refractivity contribution >= 4 is 45.9 Å². The van der Waals surface area contributed by atoms with Crippen molar-refractivity contribution in [1.29, 1.82) is 1.43 Å². The number of carbonyl (C=O) groups is 2. The molecular weight excluding hydrogens is 734 g/mol. The number of aliphatic hydroxyl groups is 3. The van der Waals surface area contributed by atoms with Crippen LogP contribution in [0, 0.1) is 35.8 Å². The van der Waals surface area contributed by atoms with E-state index in [1.54, 1.807) is 49.1 Å². The van der Waals surface area contributed by atoms with Crippen LogP contribution in [0.4, 0.5) is 34.1 Å². The number of hydrogen-bond acceptors (Lipinski definition) is 14. The number of benzene rings is 3. The number of ether oxygens (including phenoxy) is 1. The zero-order valence-corrected chi connectivity index (χ0v) is 32.1. The normalized spacial score (nSPS) is 18.2. The molecule has 17 nitrogen and oxygen atoms in total. The Morgan fingerprint density at radius 3 is 2.58 bits per heavy atom. The van der Waals surface area contributed by atoms with Crippen LogP contribution in [0.5, 0.6) is 0 Å². The largest absolute Gasteiger partial charge is 0.400 e. The van der Waals surface area contributed by atoms with Gasteiger partial charge in [-0.25, -0.2) is 0 Å². The summed E-state index contributed by atoms with van der Waals surface area (Å²) in [5.74, 6) is 5.23. The minimum Gasteiger partial charge on any atom is -0.400 e. The molecule has 1 saturated heterocycles. The lowest BCUT2D eigenvalue weighted by Crippen LogP contribution is -2.42. The topological polar surface area (TPSA) is 227 Å². The molecule has 0 aromatic heterocycles. The van der Waals surface area contributed by atoms with Crippen LogP contribution in [0.25, 0.3) is 0 Å². The van der Waals surface area contributed by atoms with E-state index in [0.29, 0.717) is 41.2 Å². The van der Waals surface area contributed by atoms with E-state index in [4.69, 9.17) is 7.54 Å². The highest BCUT2D eigenvalue weighted by Crippen LogP contribution is 2.34. The number of nitrogens with one attached hydrogen (secondary N) is 2. The standard InChI is InChI=1S/C39H43N9O7.CH4O/c1-24-10-15-32(35(18-24)48(53)54)43-44-33-20-29(23-49)34(19-25(33)2)45-42-30-11-13-31(14-12-30)46(5)17-7-9-37(51)40-16-6-8-28-22-47(27(4)41-39(28)52)38-21-36(50)26(3)55-38;1-2/h10-15,18-20,22,26,36,38,49-50H,4,7,9,16-17,21,23H2,1-3,5H3,(H,40,51)(H,41,52);2H,1H3/i3D;2T. The summed E-state index contributed by atoms with van der Waals surface area (Å²) in [6.07, 6.45) is 0.615. The number of rotatable bonds is 13. The predicted octanol–water partition coefficient (Wildman–Crippen LogP) is 5.76. The number of hydrogen-bond donors (Lipinski definition) is 5. The van der Waals surface area contributed by atoms with Crippen LogP contribution in [0.15, 0.2) is 99.2 Å². The molecular formula is C40H47N9O8. The number of carbonyl (C=O) groups excluding carboxylic acids is 2. The minimum atomic E-state index is -0.789. The Morgan fingerprint density at radius 2 is 1.89 bits per heavy atom. The van der Waals surface area contributed by atoms with Gasteiger partial charge in [-0.05, 0) is 80.8 Å². The number of nitro groups is 1. The van der Waals surface area contributed by atoms with Gasteiger partial charge in [-0.15, -0.1) is 5.11 Å². The second-order valence-corrected chi connectivity index (χ2v) is 13.0. The Morgan fingerprint density at radius 1 is 1.18 bits per heavy atom. The molecule has 0 radical (unpaired) electrons. The molecule has 17 heteroatoms. The van der Waals surface area contributed by atoms with E-state index in [1.807, 2.05) is 24.1 Å². The van der Waals surface area contributed by atoms with Crippen molar-refractivity contribution in [3.05, 3.63) is 106 Å². The van der Waals surface area contributed by atoms with E-state index in [0.717, 1.165) is 11.3 Å². The van der Waals surface area contributed by atoms with Gasteiger partial charge >= 0.3 is 0 Å². The predicted molar refractivity (Wildman–Crippen MR) is 213 cm³/mol. The highest BCUT2D eigenvalue weighted by atomic mass is 16.6. The fourth-order valence-corrected chi connectivity index (χ4v) is 5.66. The van der Waals surface area contributed by atoms with Gasteiger partial charge in [0.15, 0.2) is 5.69 Å². The third kappa shape index (κ3) is 11.8. The average molecular weight is 785 g/mol. The van der Waals surface area contributed by atoms with E-state index in [1.165, 1.54) is 25.4 Å². The number of nitrogens with zero attached hydrogens (tertiary/aromatic N) is 7. The number of aryl methyl sites for hydroxylation is 2. The first-order valence-corrected chi connectivity index (χ1v) is 17.8. The molecule has 2 aliphatic heterocycles. The molecule has 0 bridgehead atoms. The molecule has 0 saturated carbocycles. The Hall–Kier alpha value is -6.32. The van der Waals surface area contributed by atoms with E-state index < -0.39 is 29.3 Å². The van der Waals surface area contributed by atoms with E-state index >= 15 is 0 Å². The van der Waals surface area contributed by atoms with Crippen molar-refractivity contribution in [3.8, 4) is 11.8 Å². The fraction of sp³-hybridized carbons (Fsp3) is 0.350. The van der Waals surface area contributed by atoms with Crippen molar-refractivity contribution in [2.75, 3.05) is 32.1 Å². The zero-order valence-electron chi connectivity index (χ0n) is 34.1. The second-order valence-electron chi connectivity index (χ2n) is 13.0. The van der Waals surface area contributed by atoms with Gasteiger partial charge in [0, 0.05) is 58.4 Å². The highest BCUT2D eigenvalue weighted by Gasteiger charge is 2.36. The summed E-state index contributed by atoms with van der Waals surface area (Å²) >= 11 is 0. The Bertz CT molecular complexity index is 2150. The van der Waals surface area contributed by atoms with Gasteiger partial charge < -0.3 is 40.5 Å². The molecule has 1 fully saturated rings. The average Bonchev–Trinajstić information content (AvgIpc) is 3.59. The lowest BCUT2D eigenvalue weighted by Gasteiger charge is -2.32. The molecule has 3 unspecified atom stereocenters. The quantitative estimate of drug-likeness (QED) is 0.0609. The van der Waals surface area contributed by atoms with Crippen molar-refractivity contribution in [2.24, 2.45) is 20.5 Å². The number of nitro benzene ring substituents is 1. The highest BCUT2D eigenvalue weighted by molar-refractivity contribution is 5.99. The first-order valence-electron chi connectivity index (χ1n) is 18.9. The second kappa shape index (κ2) is 20.6. The molecule has 3 aromatic carbocycles. The van der Waals surface area contributed by atoms with Crippen LogP contribution in [-0.4, -0.2) is 84.1 Å². The van der Waals surface area contributed by atoms with Gasteiger partial charge in [0.2, 0.25) is 7.34 Å². The minimum absolute atomic E-state index is 0.0469. The van der Waals surface area contributed by atoms with Gasteiger partial charge in [0.25, 0.3) is 11.6 Å². The molecule has 300 valence electrons. The summed E-state index contributed by atoms with van der Waals surface area (Å²) < 4.78 is 18.9.